The van der Waals surface area contributed by atoms with Crippen LogP contribution in [0.4, 0.5) is 8.78 Å². The summed E-state index contributed by atoms with van der Waals surface area (Å²) in [6, 6.07) is 16.0. The molecule has 2 aromatic heterocycles. The lowest BCUT2D eigenvalue weighted by Gasteiger charge is -2.38. The lowest BCUT2D eigenvalue weighted by Crippen LogP contribution is -2.54. The predicted molar refractivity (Wildman–Crippen MR) is 127 cm³/mol. The molecule has 0 bridgehead atoms. The van der Waals surface area contributed by atoms with Gasteiger partial charge in [-0.3, -0.25) is 19.8 Å². The molecule has 1 aliphatic rings. The number of carbonyl (C=O) groups is 1. The van der Waals surface area contributed by atoms with E-state index in [4.69, 9.17) is 0 Å². The molecule has 34 heavy (non-hydrogen) atoms. The van der Waals surface area contributed by atoms with Gasteiger partial charge in [-0.15, -0.1) is 0 Å². The van der Waals surface area contributed by atoms with E-state index in [2.05, 4.69) is 20.5 Å². The normalized spacial score (nSPS) is 18.1. The maximum absolute atomic E-state index is 14.6. The molecular weight excluding hydrogens is 436 g/mol. The Morgan fingerprint density at radius 3 is 2.76 bits per heavy atom. The van der Waals surface area contributed by atoms with Gasteiger partial charge >= 0.3 is 0 Å². The van der Waals surface area contributed by atoms with Gasteiger partial charge in [0.2, 0.25) is 0 Å². The SMILES string of the molecule is Cc1ccccc1CN1CC(NC(=O)c2ccc3[nH]nc(-c4ccncc4)c3c2)CC(F)(F)C1. The fourth-order valence-corrected chi connectivity index (χ4v) is 4.59. The molecule has 1 saturated heterocycles. The first-order chi connectivity index (χ1) is 16.4. The summed E-state index contributed by atoms with van der Waals surface area (Å²) < 4.78 is 29.1. The van der Waals surface area contributed by atoms with Crippen molar-refractivity contribution in [2.45, 2.75) is 31.9 Å². The van der Waals surface area contributed by atoms with Crippen molar-refractivity contribution in [1.82, 2.24) is 25.4 Å². The molecular formula is C26H25F2N5O. The molecule has 0 saturated carbocycles. The molecule has 1 aliphatic heterocycles. The summed E-state index contributed by atoms with van der Waals surface area (Å²) >= 11 is 0. The summed E-state index contributed by atoms with van der Waals surface area (Å²) in [5.74, 6) is -3.25. The monoisotopic (exact) mass is 461 g/mol. The number of pyridine rings is 1. The average Bonchev–Trinajstić information content (AvgIpc) is 3.23. The zero-order chi connectivity index (χ0) is 23.7. The van der Waals surface area contributed by atoms with Crippen LogP contribution in [0.2, 0.25) is 0 Å². The van der Waals surface area contributed by atoms with Crippen LogP contribution in [0, 0.1) is 6.92 Å². The maximum atomic E-state index is 14.6. The Bertz CT molecular complexity index is 1320. The van der Waals surface area contributed by atoms with Gasteiger partial charge in [0.05, 0.1) is 12.1 Å². The molecule has 2 aromatic carbocycles. The highest BCUT2D eigenvalue weighted by Crippen LogP contribution is 2.29. The number of aromatic nitrogens is 3. The van der Waals surface area contributed by atoms with Crippen molar-refractivity contribution in [3.05, 3.63) is 83.7 Å². The second kappa shape index (κ2) is 8.95. The predicted octanol–water partition coefficient (Wildman–Crippen LogP) is 4.57. The number of aromatic amines is 1. The van der Waals surface area contributed by atoms with Crippen LogP contribution in [-0.2, 0) is 6.54 Å². The van der Waals surface area contributed by atoms with Crippen LogP contribution < -0.4 is 5.32 Å². The highest BCUT2D eigenvalue weighted by atomic mass is 19.3. The number of hydrogen-bond donors (Lipinski definition) is 2. The third kappa shape index (κ3) is 4.68. The standard InChI is InChI=1S/C26H25F2N5O/c1-17-4-2-3-5-20(17)14-33-15-21(13-26(27,28)16-33)30-25(34)19-6-7-23-22(12-19)24(32-31-23)18-8-10-29-11-9-18/h2-12,21H,13-16H2,1H3,(H,30,34)(H,31,32). The first-order valence-corrected chi connectivity index (χ1v) is 11.2. The number of alkyl halides is 2. The van der Waals surface area contributed by atoms with E-state index in [-0.39, 0.29) is 18.9 Å². The molecule has 1 unspecified atom stereocenters. The zero-order valence-corrected chi connectivity index (χ0v) is 18.8. The van der Waals surface area contributed by atoms with Gasteiger partial charge in [0, 0.05) is 54.5 Å². The molecule has 6 nitrogen and oxygen atoms in total. The van der Waals surface area contributed by atoms with E-state index in [1.807, 2.05) is 43.3 Å². The van der Waals surface area contributed by atoms with Crippen molar-refractivity contribution in [3.63, 3.8) is 0 Å². The van der Waals surface area contributed by atoms with Gasteiger partial charge in [0.15, 0.2) is 0 Å². The van der Waals surface area contributed by atoms with Crippen LogP contribution >= 0.6 is 0 Å². The molecule has 5 rings (SSSR count). The van der Waals surface area contributed by atoms with Gasteiger partial charge in [0.1, 0.15) is 5.69 Å². The van der Waals surface area contributed by atoms with Crippen molar-refractivity contribution in [2.24, 2.45) is 0 Å². The average molecular weight is 462 g/mol. The van der Waals surface area contributed by atoms with Crippen LogP contribution in [0.3, 0.4) is 0 Å². The van der Waals surface area contributed by atoms with Crippen molar-refractivity contribution in [1.29, 1.82) is 0 Å². The Hall–Kier alpha value is -3.65. The summed E-state index contributed by atoms with van der Waals surface area (Å²) in [7, 11) is 0. The molecule has 0 spiro atoms. The van der Waals surface area contributed by atoms with Gasteiger partial charge in [-0.05, 0) is 48.4 Å². The number of aryl methyl sites for hydroxylation is 1. The maximum Gasteiger partial charge on any atom is 0.262 e. The lowest BCUT2D eigenvalue weighted by molar-refractivity contribution is -0.0760. The van der Waals surface area contributed by atoms with Crippen LogP contribution in [-0.4, -0.2) is 51.0 Å². The van der Waals surface area contributed by atoms with E-state index in [9.17, 15) is 13.6 Å². The topological polar surface area (TPSA) is 73.9 Å². The fourth-order valence-electron chi connectivity index (χ4n) is 4.59. The van der Waals surface area contributed by atoms with Gasteiger partial charge in [-0.25, -0.2) is 8.78 Å². The molecule has 0 aliphatic carbocycles. The van der Waals surface area contributed by atoms with Gasteiger partial charge in [-0.1, -0.05) is 24.3 Å². The van der Waals surface area contributed by atoms with Crippen molar-refractivity contribution in [2.75, 3.05) is 13.1 Å². The van der Waals surface area contributed by atoms with Gasteiger partial charge in [-0.2, -0.15) is 5.10 Å². The van der Waals surface area contributed by atoms with E-state index in [1.165, 1.54) is 0 Å². The minimum Gasteiger partial charge on any atom is -0.348 e. The number of H-pyrrole nitrogens is 1. The number of halogens is 2. The number of benzene rings is 2. The second-order valence-electron chi connectivity index (χ2n) is 8.90. The first-order valence-electron chi connectivity index (χ1n) is 11.2. The van der Waals surface area contributed by atoms with E-state index in [1.54, 1.807) is 35.5 Å². The Labute approximate surface area is 196 Å². The summed E-state index contributed by atoms with van der Waals surface area (Å²) in [6.07, 6.45) is 2.98. The van der Waals surface area contributed by atoms with Crippen LogP contribution in [0.25, 0.3) is 22.2 Å². The van der Waals surface area contributed by atoms with Gasteiger partial charge < -0.3 is 5.32 Å². The Morgan fingerprint density at radius 1 is 1.18 bits per heavy atom. The highest BCUT2D eigenvalue weighted by Gasteiger charge is 2.41. The van der Waals surface area contributed by atoms with Crippen LogP contribution in [0.15, 0.2) is 67.0 Å². The quantitative estimate of drug-likeness (QED) is 0.457. The molecule has 1 amide bonds. The molecule has 8 heteroatoms. The molecule has 174 valence electrons. The Morgan fingerprint density at radius 2 is 1.97 bits per heavy atom. The van der Waals surface area contributed by atoms with E-state index < -0.39 is 12.0 Å². The highest BCUT2D eigenvalue weighted by molar-refractivity contribution is 6.01. The smallest absolute Gasteiger partial charge is 0.262 e. The number of nitrogens with one attached hydrogen (secondary N) is 2. The zero-order valence-electron chi connectivity index (χ0n) is 18.8. The molecule has 1 fully saturated rings. The number of amides is 1. The van der Waals surface area contributed by atoms with Crippen molar-refractivity contribution in [3.8, 4) is 11.3 Å². The third-order valence-corrected chi connectivity index (χ3v) is 6.25. The summed E-state index contributed by atoms with van der Waals surface area (Å²) in [5.41, 5.74) is 4.86. The number of carbonyl (C=O) groups excluding carboxylic acids is 1. The minimum absolute atomic E-state index is 0.315. The summed E-state index contributed by atoms with van der Waals surface area (Å²) in [4.78, 5) is 18.8. The Kier molecular flexibility index (Phi) is 5.83. The van der Waals surface area contributed by atoms with Gasteiger partial charge in [0.25, 0.3) is 11.8 Å². The molecule has 2 N–H and O–H groups in total. The lowest BCUT2D eigenvalue weighted by atomic mass is 9.99. The number of fused-ring (bicyclic) bond motifs is 1. The number of rotatable bonds is 5. The van der Waals surface area contributed by atoms with E-state index in [0.29, 0.717) is 24.3 Å². The fraction of sp³-hybridized carbons (Fsp3) is 0.269. The molecule has 1 atom stereocenters. The van der Waals surface area contributed by atoms with Crippen molar-refractivity contribution < 1.29 is 13.6 Å². The number of piperidine rings is 1. The van der Waals surface area contributed by atoms with Crippen molar-refractivity contribution >= 4 is 16.8 Å². The van der Waals surface area contributed by atoms with Crippen LogP contribution in [0.1, 0.15) is 27.9 Å². The minimum atomic E-state index is -2.87. The largest absolute Gasteiger partial charge is 0.348 e. The molecule has 4 aromatic rings. The number of nitrogens with zero attached hydrogens (tertiary/aromatic N) is 3. The van der Waals surface area contributed by atoms with E-state index in [0.717, 1.165) is 27.6 Å². The number of hydrogen-bond acceptors (Lipinski definition) is 4. The Balaban J connectivity index is 1.34. The molecule has 0 radical (unpaired) electrons. The second-order valence-corrected chi connectivity index (χ2v) is 8.90. The number of likely N-dealkylation sites (tertiary alicyclic amines) is 1. The first kappa shape index (κ1) is 22.2. The third-order valence-electron chi connectivity index (χ3n) is 6.25. The van der Waals surface area contributed by atoms with E-state index >= 15 is 0 Å². The van der Waals surface area contributed by atoms with Crippen LogP contribution in [0.5, 0.6) is 0 Å². The summed E-state index contributed by atoms with van der Waals surface area (Å²) in [6.45, 7) is 2.45. The summed E-state index contributed by atoms with van der Waals surface area (Å²) in [5, 5.41) is 11.0. The molecule has 3 heterocycles.